The fraction of sp³-hybridized carbons (Fsp3) is 0.368. The van der Waals surface area contributed by atoms with Crippen LogP contribution in [0.1, 0.15) is 42.5 Å². The molecule has 0 saturated heterocycles. The van der Waals surface area contributed by atoms with Gasteiger partial charge in [-0.25, -0.2) is 0 Å². The molecule has 2 nitrogen and oxygen atoms in total. The first-order chi connectivity index (χ1) is 10.2. The first-order valence-electron chi connectivity index (χ1n) is 7.69. The first kappa shape index (κ1) is 15.6. The van der Waals surface area contributed by atoms with E-state index in [1.165, 1.54) is 11.1 Å². The van der Waals surface area contributed by atoms with Crippen LogP contribution in [0.15, 0.2) is 48.5 Å². The standard InChI is InChI=1S/C19H25NO/c1-15-11-12-18(16(2)20)19(14-15)21-13-7-6-10-17-8-4-3-5-9-17/h3-5,8-9,11-12,14,16H,6-7,10,13,20H2,1-2H3/t16-/m0/s1. The highest BCUT2D eigenvalue weighted by Crippen LogP contribution is 2.25. The summed E-state index contributed by atoms with van der Waals surface area (Å²) >= 11 is 0. The smallest absolute Gasteiger partial charge is 0.124 e. The van der Waals surface area contributed by atoms with E-state index in [1.807, 2.05) is 6.92 Å². The van der Waals surface area contributed by atoms with Gasteiger partial charge in [-0.1, -0.05) is 42.5 Å². The van der Waals surface area contributed by atoms with Crippen LogP contribution in [0, 0.1) is 6.92 Å². The quantitative estimate of drug-likeness (QED) is 0.764. The summed E-state index contributed by atoms with van der Waals surface area (Å²) in [5, 5.41) is 0. The molecule has 0 aliphatic heterocycles. The van der Waals surface area contributed by atoms with Crippen LogP contribution < -0.4 is 10.5 Å². The zero-order chi connectivity index (χ0) is 15.1. The monoisotopic (exact) mass is 283 g/mol. The van der Waals surface area contributed by atoms with E-state index in [1.54, 1.807) is 0 Å². The molecular weight excluding hydrogens is 258 g/mol. The SMILES string of the molecule is Cc1ccc([C@H](C)N)c(OCCCCc2ccccc2)c1. The van der Waals surface area contributed by atoms with Crippen molar-refractivity contribution in [3.8, 4) is 5.75 Å². The lowest BCUT2D eigenvalue weighted by Gasteiger charge is -2.14. The maximum atomic E-state index is 5.99. The number of ether oxygens (including phenoxy) is 1. The summed E-state index contributed by atoms with van der Waals surface area (Å²) in [6.45, 7) is 4.82. The maximum Gasteiger partial charge on any atom is 0.124 e. The highest BCUT2D eigenvalue weighted by atomic mass is 16.5. The van der Waals surface area contributed by atoms with Gasteiger partial charge < -0.3 is 10.5 Å². The van der Waals surface area contributed by atoms with Gasteiger partial charge in [0.15, 0.2) is 0 Å². The number of hydrogen-bond acceptors (Lipinski definition) is 2. The zero-order valence-corrected chi connectivity index (χ0v) is 13.0. The molecular formula is C19H25NO. The van der Waals surface area contributed by atoms with Gasteiger partial charge >= 0.3 is 0 Å². The molecule has 0 aliphatic carbocycles. The second-order valence-corrected chi connectivity index (χ2v) is 5.62. The van der Waals surface area contributed by atoms with Gasteiger partial charge in [0.2, 0.25) is 0 Å². The number of benzene rings is 2. The molecule has 0 spiro atoms. The summed E-state index contributed by atoms with van der Waals surface area (Å²) in [5.74, 6) is 0.935. The van der Waals surface area contributed by atoms with Gasteiger partial charge in [-0.2, -0.15) is 0 Å². The molecule has 0 fully saturated rings. The van der Waals surface area contributed by atoms with E-state index in [2.05, 4.69) is 55.5 Å². The molecule has 21 heavy (non-hydrogen) atoms. The summed E-state index contributed by atoms with van der Waals surface area (Å²) in [4.78, 5) is 0. The Hall–Kier alpha value is -1.80. The minimum atomic E-state index is 0.00455. The van der Waals surface area contributed by atoms with Gasteiger partial charge in [0, 0.05) is 11.6 Å². The fourth-order valence-electron chi connectivity index (χ4n) is 2.40. The minimum absolute atomic E-state index is 0.00455. The predicted octanol–water partition coefficient (Wildman–Crippen LogP) is 4.42. The Morgan fingerprint density at radius 2 is 1.81 bits per heavy atom. The molecule has 0 saturated carbocycles. The molecule has 0 radical (unpaired) electrons. The fourth-order valence-corrected chi connectivity index (χ4v) is 2.40. The molecule has 2 N–H and O–H groups in total. The van der Waals surface area contributed by atoms with Crippen molar-refractivity contribution in [2.75, 3.05) is 6.61 Å². The Bertz CT molecular complexity index is 549. The van der Waals surface area contributed by atoms with Crippen LogP contribution in [-0.4, -0.2) is 6.61 Å². The van der Waals surface area contributed by atoms with Crippen molar-refractivity contribution in [3.63, 3.8) is 0 Å². The Morgan fingerprint density at radius 3 is 2.52 bits per heavy atom. The molecule has 2 aromatic carbocycles. The summed E-state index contributed by atoms with van der Waals surface area (Å²) in [6, 6.07) is 16.8. The van der Waals surface area contributed by atoms with E-state index in [9.17, 15) is 0 Å². The van der Waals surface area contributed by atoms with Crippen molar-refractivity contribution in [1.82, 2.24) is 0 Å². The molecule has 112 valence electrons. The topological polar surface area (TPSA) is 35.2 Å². The van der Waals surface area contributed by atoms with E-state index in [0.717, 1.165) is 37.2 Å². The van der Waals surface area contributed by atoms with Gasteiger partial charge in [-0.15, -0.1) is 0 Å². The van der Waals surface area contributed by atoms with Gasteiger partial charge in [0.1, 0.15) is 5.75 Å². The molecule has 0 heterocycles. The molecule has 0 aromatic heterocycles. The lowest BCUT2D eigenvalue weighted by Crippen LogP contribution is -2.09. The van der Waals surface area contributed by atoms with Crippen molar-refractivity contribution in [2.24, 2.45) is 5.73 Å². The largest absolute Gasteiger partial charge is 0.493 e. The highest BCUT2D eigenvalue weighted by molar-refractivity contribution is 5.38. The van der Waals surface area contributed by atoms with Crippen molar-refractivity contribution in [1.29, 1.82) is 0 Å². The normalized spacial score (nSPS) is 12.1. The average molecular weight is 283 g/mol. The van der Waals surface area contributed by atoms with E-state index in [-0.39, 0.29) is 6.04 Å². The number of rotatable bonds is 7. The third kappa shape index (κ3) is 4.91. The second kappa shape index (κ2) is 7.84. The summed E-state index contributed by atoms with van der Waals surface area (Å²) in [5.41, 5.74) is 9.68. The molecule has 0 bridgehead atoms. The zero-order valence-electron chi connectivity index (χ0n) is 13.0. The van der Waals surface area contributed by atoms with E-state index < -0.39 is 0 Å². The van der Waals surface area contributed by atoms with Gasteiger partial charge in [0.25, 0.3) is 0 Å². The van der Waals surface area contributed by atoms with Crippen LogP contribution in [0.25, 0.3) is 0 Å². The third-order valence-corrected chi connectivity index (χ3v) is 3.62. The number of hydrogen-bond donors (Lipinski definition) is 1. The highest BCUT2D eigenvalue weighted by Gasteiger charge is 2.08. The molecule has 2 aromatic rings. The van der Waals surface area contributed by atoms with Crippen LogP contribution in [0.2, 0.25) is 0 Å². The van der Waals surface area contributed by atoms with Gasteiger partial charge in [0.05, 0.1) is 6.61 Å². The second-order valence-electron chi connectivity index (χ2n) is 5.62. The van der Waals surface area contributed by atoms with Gasteiger partial charge in [-0.05, 0) is 50.3 Å². The van der Waals surface area contributed by atoms with Crippen LogP contribution in [0.3, 0.4) is 0 Å². The number of unbranched alkanes of at least 4 members (excludes halogenated alkanes) is 1. The van der Waals surface area contributed by atoms with Crippen LogP contribution >= 0.6 is 0 Å². The lowest BCUT2D eigenvalue weighted by molar-refractivity contribution is 0.302. The number of aryl methyl sites for hydroxylation is 2. The lowest BCUT2D eigenvalue weighted by atomic mass is 10.1. The van der Waals surface area contributed by atoms with Gasteiger partial charge in [-0.3, -0.25) is 0 Å². The third-order valence-electron chi connectivity index (χ3n) is 3.62. The van der Waals surface area contributed by atoms with E-state index in [0.29, 0.717) is 0 Å². The predicted molar refractivity (Wildman–Crippen MR) is 88.7 cm³/mol. The Morgan fingerprint density at radius 1 is 1.05 bits per heavy atom. The van der Waals surface area contributed by atoms with Crippen molar-refractivity contribution in [3.05, 3.63) is 65.2 Å². The van der Waals surface area contributed by atoms with Crippen molar-refractivity contribution in [2.45, 2.75) is 39.2 Å². The molecule has 0 amide bonds. The van der Waals surface area contributed by atoms with E-state index >= 15 is 0 Å². The molecule has 1 atom stereocenters. The summed E-state index contributed by atoms with van der Waals surface area (Å²) in [7, 11) is 0. The Kier molecular flexibility index (Phi) is 5.82. The summed E-state index contributed by atoms with van der Waals surface area (Å²) in [6.07, 6.45) is 3.31. The summed E-state index contributed by atoms with van der Waals surface area (Å²) < 4.78 is 5.94. The van der Waals surface area contributed by atoms with E-state index in [4.69, 9.17) is 10.5 Å². The maximum absolute atomic E-state index is 5.99. The Labute approximate surface area is 127 Å². The number of nitrogens with two attached hydrogens (primary N) is 1. The molecule has 0 unspecified atom stereocenters. The first-order valence-corrected chi connectivity index (χ1v) is 7.69. The van der Waals surface area contributed by atoms with Crippen LogP contribution in [-0.2, 0) is 6.42 Å². The van der Waals surface area contributed by atoms with Crippen LogP contribution in [0.4, 0.5) is 0 Å². The molecule has 0 aliphatic rings. The van der Waals surface area contributed by atoms with Crippen LogP contribution in [0.5, 0.6) is 5.75 Å². The Balaban J connectivity index is 1.79. The van der Waals surface area contributed by atoms with Crippen molar-refractivity contribution < 1.29 is 4.74 Å². The molecule has 2 heteroatoms. The molecule has 2 rings (SSSR count). The minimum Gasteiger partial charge on any atom is -0.493 e. The van der Waals surface area contributed by atoms with Crippen molar-refractivity contribution >= 4 is 0 Å². The average Bonchev–Trinajstić information content (AvgIpc) is 2.48.